The van der Waals surface area contributed by atoms with Crippen LogP contribution in [0.4, 0.5) is 5.69 Å². The molecule has 0 radical (unpaired) electrons. The van der Waals surface area contributed by atoms with Crippen molar-refractivity contribution in [2.45, 2.75) is 13.0 Å². The first kappa shape index (κ1) is 16.9. The van der Waals surface area contributed by atoms with E-state index in [2.05, 4.69) is 0 Å². The molecule has 4 nitrogen and oxygen atoms in total. The van der Waals surface area contributed by atoms with Gasteiger partial charge in [-0.15, -0.1) is 0 Å². The second-order valence-corrected chi connectivity index (χ2v) is 7.65. The Kier molecular flexibility index (Phi) is 4.30. The molecule has 0 bridgehead atoms. The van der Waals surface area contributed by atoms with Crippen molar-refractivity contribution in [3.05, 3.63) is 70.6 Å². The van der Waals surface area contributed by atoms with Crippen molar-refractivity contribution < 1.29 is 14.6 Å². The Hall–Kier alpha value is -2.57. The molecule has 0 spiro atoms. The second kappa shape index (κ2) is 6.63. The fourth-order valence-electron chi connectivity index (χ4n) is 2.90. The maximum atomic E-state index is 12.9. The first-order chi connectivity index (χ1) is 12.5. The molecule has 2 aromatic rings. The number of anilines is 1. The SMILES string of the molecule is CC1Oc2ccccc2C=C1/C=C1\SC(=S)N(c2cccc(O)c2)C1=O. The molecule has 6 heteroatoms. The maximum absolute atomic E-state index is 12.9. The van der Waals surface area contributed by atoms with Crippen molar-refractivity contribution in [2.24, 2.45) is 0 Å². The van der Waals surface area contributed by atoms with Gasteiger partial charge in [0.2, 0.25) is 0 Å². The number of aromatic hydroxyl groups is 1. The van der Waals surface area contributed by atoms with Gasteiger partial charge in [-0.3, -0.25) is 9.69 Å². The van der Waals surface area contributed by atoms with Gasteiger partial charge in [0.25, 0.3) is 5.91 Å². The van der Waals surface area contributed by atoms with Crippen LogP contribution in [0, 0.1) is 0 Å². The Balaban J connectivity index is 1.68. The number of ether oxygens (including phenoxy) is 1. The average molecular weight is 381 g/mol. The summed E-state index contributed by atoms with van der Waals surface area (Å²) < 4.78 is 6.37. The van der Waals surface area contributed by atoms with Crippen molar-refractivity contribution in [3.63, 3.8) is 0 Å². The molecule has 0 aromatic heterocycles. The number of thioether (sulfide) groups is 1. The number of amides is 1. The first-order valence-corrected chi connectivity index (χ1v) is 9.29. The molecule has 4 rings (SSSR count). The third-order valence-electron chi connectivity index (χ3n) is 4.19. The van der Waals surface area contributed by atoms with Crippen molar-refractivity contribution in [2.75, 3.05) is 4.90 Å². The molecule has 1 N–H and O–H groups in total. The Morgan fingerprint density at radius 3 is 2.85 bits per heavy atom. The van der Waals surface area contributed by atoms with Crippen LogP contribution in [0.15, 0.2) is 65.1 Å². The molecule has 2 aliphatic rings. The number of hydrogen-bond donors (Lipinski definition) is 1. The smallest absolute Gasteiger partial charge is 0.270 e. The van der Waals surface area contributed by atoms with Gasteiger partial charge >= 0.3 is 0 Å². The fourth-order valence-corrected chi connectivity index (χ4v) is 4.19. The summed E-state index contributed by atoms with van der Waals surface area (Å²) in [5.41, 5.74) is 2.46. The van der Waals surface area contributed by atoms with E-state index in [1.54, 1.807) is 18.2 Å². The summed E-state index contributed by atoms with van der Waals surface area (Å²) in [5, 5.41) is 9.67. The maximum Gasteiger partial charge on any atom is 0.270 e. The lowest BCUT2D eigenvalue weighted by molar-refractivity contribution is -0.113. The standard InChI is InChI=1S/C20H15NO3S2/c1-12-14(9-13-5-2-3-8-17(13)24-12)10-18-19(23)21(20(25)26-18)15-6-4-7-16(22)11-15/h2-12,22H,1H3/b18-10-. The van der Waals surface area contributed by atoms with E-state index < -0.39 is 0 Å². The lowest BCUT2D eigenvalue weighted by Crippen LogP contribution is -2.27. The van der Waals surface area contributed by atoms with Crippen LogP contribution >= 0.6 is 24.0 Å². The highest BCUT2D eigenvalue weighted by atomic mass is 32.2. The van der Waals surface area contributed by atoms with E-state index in [0.29, 0.717) is 14.9 Å². The Morgan fingerprint density at radius 1 is 1.23 bits per heavy atom. The number of para-hydroxylation sites is 1. The molecule has 26 heavy (non-hydrogen) atoms. The minimum atomic E-state index is -0.197. The molecular weight excluding hydrogens is 366 g/mol. The van der Waals surface area contributed by atoms with Crippen molar-refractivity contribution in [1.29, 1.82) is 0 Å². The van der Waals surface area contributed by atoms with Gasteiger partial charge in [-0.25, -0.2) is 0 Å². The number of benzene rings is 2. The molecule has 2 heterocycles. The lowest BCUT2D eigenvalue weighted by atomic mass is 10.0. The van der Waals surface area contributed by atoms with Crippen LogP contribution in [0.1, 0.15) is 12.5 Å². The van der Waals surface area contributed by atoms with Crippen LogP contribution in [0.25, 0.3) is 6.08 Å². The minimum absolute atomic E-state index is 0.0918. The number of nitrogens with zero attached hydrogens (tertiary/aromatic N) is 1. The molecular formula is C20H15NO3S2. The van der Waals surface area contributed by atoms with Gasteiger partial charge in [-0.2, -0.15) is 0 Å². The van der Waals surface area contributed by atoms with Crippen molar-refractivity contribution in [3.8, 4) is 11.5 Å². The van der Waals surface area contributed by atoms with E-state index in [1.165, 1.54) is 22.7 Å². The van der Waals surface area contributed by atoms with Gasteiger partial charge in [0.05, 0.1) is 10.6 Å². The van der Waals surface area contributed by atoms with Gasteiger partial charge in [0.1, 0.15) is 17.6 Å². The Morgan fingerprint density at radius 2 is 2.04 bits per heavy atom. The number of carbonyl (C=O) groups is 1. The lowest BCUT2D eigenvalue weighted by Gasteiger charge is -2.23. The summed E-state index contributed by atoms with van der Waals surface area (Å²) in [6.45, 7) is 1.95. The van der Waals surface area contributed by atoms with E-state index in [1.807, 2.05) is 43.3 Å². The third-order valence-corrected chi connectivity index (χ3v) is 5.50. The number of hydrogen-bond acceptors (Lipinski definition) is 5. The van der Waals surface area contributed by atoms with Gasteiger partial charge in [0.15, 0.2) is 4.32 Å². The van der Waals surface area contributed by atoms with E-state index in [9.17, 15) is 9.90 Å². The largest absolute Gasteiger partial charge is 0.508 e. The molecule has 0 aliphatic carbocycles. The Labute approximate surface area is 160 Å². The summed E-state index contributed by atoms with van der Waals surface area (Å²) in [4.78, 5) is 14.8. The first-order valence-electron chi connectivity index (χ1n) is 8.07. The van der Waals surface area contributed by atoms with Gasteiger partial charge < -0.3 is 9.84 Å². The molecule has 130 valence electrons. The molecule has 1 saturated heterocycles. The topological polar surface area (TPSA) is 49.8 Å². The summed E-state index contributed by atoms with van der Waals surface area (Å²) in [6.07, 6.45) is 3.71. The number of carbonyl (C=O) groups excluding carboxylic acids is 1. The highest BCUT2D eigenvalue weighted by Crippen LogP contribution is 2.38. The van der Waals surface area contributed by atoms with Crippen LogP contribution < -0.4 is 9.64 Å². The quantitative estimate of drug-likeness (QED) is 0.613. The molecule has 2 aromatic carbocycles. The van der Waals surface area contributed by atoms with Crippen LogP contribution in [0.2, 0.25) is 0 Å². The molecule has 1 fully saturated rings. The summed E-state index contributed by atoms with van der Waals surface area (Å²) >= 11 is 6.63. The Bertz CT molecular complexity index is 981. The third kappa shape index (κ3) is 3.02. The van der Waals surface area contributed by atoms with Crippen LogP contribution in [-0.2, 0) is 4.79 Å². The van der Waals surface area contributed by atoms with E-state index >= 15 is 0 Å². The number of rotatable bonds is 2. The number of thiocarbonyl (C=S) groups is 1. The predicted molar refractivity (Wildman–Crippen MR) is 108 cm³/mol. The van der Waals surface area contributed by atoms with Crippen LogP contribution in [0.5, 0.6) is 11.5 Å². The normalized spacial score (nSPS) is 20.8. The van der Waals surface area contributed by atoms with Gasteiger partial charge in [0, 0.05) is 11.6 Å². The number of fused-ring (bicyclic) bond motifs is 1. The highest BCUT2D eigenvalue weighted by molar-refractivity contribution is 8.27. The number of phenols is 1. The summed E-state index contributed by atoms with van der Waals surface area (Å²) in [5.74, 6) is 0.733. The second-order valence-electron chi connectivity index (χ2n) is 5.98. The van der Waals surface area contributed by atoms with Crippen LogP contribution in [0.3, 0.4) is 0 Å². The zero-order valence-electron chi connectivity index (χ0n) is 13.9. The number of phenolic OH excluding ortho intramolecular Hbond substituents is 1. The van der Waals surface area contributed by atoms with Crippen molar-refractivity contribution >= 4 is 46.0 Å². The summed E-state index contributed by atoms with van der Waals surface area (Å²) in [6, 6.07) is 14.3. The zero-order valence-corrected chi connectivity index (χ0v) is 15.5. The van der Waals surface area contributed by atoms with E-state index in [0.717, 1.165) is 16.9 Å². The molecule has 1 amide bonds. The summed E-state index contributed by atoms with van der Waals surface area (Å²) in [7, 11) is 0. The highest BCUT2D eigenvalue weighted by Gasteiger charge is 2.34. The van der Waals surface area contributed by atoms with Crippen molar-refractivity contribution in [1.82, 2.24) is 0 Å². The molecule has 1 atom stereocenters. The fraction of sp³-hybridized carbons (Fsp3) is 0.100. The molecule has 2 aliphatic heterocycles. The average Bonchev–Trinajstić information content (AvgIpc) is 2.89. The van der Waals surface area contributed by atoms with Gasteiger partial charge in [-0.1, -0.05) is 48.2 Å². The van der Waals surface area contributed by atoms with E-state index in [-0.39, 0.29) is 17.8 Å². The van der Waals surface area contributed by atoms with Crippen LogP contribution in [-0.4, -0.2) is 21.4 Å². The monoisotopic (exact) mass is 381 g/mol. The minimum Gasteiger partial charge on any atom is -0.508 e. The predicted octanol–water partition coefficient (Wildman–Crippen LogP) is 4.51. The zero-order chi connectivity index (χ0) is 18.3. The van der Waals surface area contributed by atoms with E-state index in [4.69, 9.17) is 17.0 Å². The van der Waals surface area contributed by atoms with Gasteiger partial charge in [-0.05, 0) is 42.8 Å². The molecule has 0 saturated carbocycles. The molecule has 1 unspecified atom stereocenters.